The Kier molecular flexibility index (Phi) is 4.48. The van der Waals surface area contributed by atoms with Crippen molar-refractivity contribution in [3.05, 3.63) is 11.6 Å². The summed E-state index contributed by atoms with van der Waals surface area (Å²) in [5.41, 5.74) is 1.38. The van der Waals surface area contributed by atoms with Crippen LogP contribution in [0.5, 0.6) is 0 Å². The third kappa shape index (κ3) is 3.68. The Morgan fingerprint density at radius 1 is 1.31 bits per heavy atom. The van der Waals surface area contributed by atoms with E-state index in [0.29, 0.717) is 12.0 Å². The van der Waals surface area contributed by atoms with E-state index in [9.17, 15) is 0 Å². The monoisotopic (exact) mass is 218 g/mol. The van der Waals surface area contributed by atoms with Crippen molar-refractivity contribution in [1.29, 1.82) is 0 Å². The Bertz CT molecular complexity index is 305. The molecule has 16 heavy (non-hydrogen) atoms. The average molecular weight is 218 g/mol. The molecule has 0 amide bonds. The molecule has 0 unspecified atom stereocenters. The van der Waals surface area contributed by atoms with Gasteiger partial charge < -0.3 is 4.74 Å². The molecule has 0 aromatic rings. The summed E-state index contributed by atoms with van der Waals surface area (Å²) in [4.78, 5) is 0. The first-order chi connectivity index (χ1) is 7.90. The van der Waals surface area contributed by atoms with Crippen LogP contribution >= 0.6 is 0 Å². The quantitative estimate of drug-likeness (QED) is 0.642. The van der Waals surface area contributed by atoms with Gasteiger partial charge in [0.15, 0.2) is 0 Å². The molecule has 0 aromatic heterocycles. The number of ether oxygens (including phenoxy) is 1. The van der Waals surface area contributed by atoms with E-state index in [1.807, 2.05) is 0 Å². The largest absolute Gasteiger partial charge is 0.377 e. The molecule has 0 saturated heterocycles. The summed E-state index contributed by atoms with van der Waals surface area (Å²) in [6.45, 7) is 2.88. The highest BCUT2D eigenvalue weighted by Crippen LogP contribution is 2.33. The maximum Gasteiger partial charge on any atom is 0.0726 e. The van der Waals surface area contributed by atoms with Gasteiger partial charge in [0, 0.05) is 12.5 Å². The molecule has 2 atom stereocenters. The first-order valence-electron chi connectivity index (χ1n) is 6.72. The van der Waals surface area contributed by atoms with Gasteiger partial charge in [0.25, 0.3) is 0 Å². The average Bonchev–Trinajstić information content (AvgIpc) is 2.96. The van der Waals surface area contributed by atoms with Gasteiger partial charge in [-0.25, -0.2) is 0 Å². The molecule has 0 N–H and O–H groups in total. The summed E-state index contributed by atoms with van der Waals surface area (Å²) in [5.74, 6) is 7.26. The van der Waals surface area contributed by atoms with E-state index in [2.05, 4.69) is 24.8 Å². The second-order valence-electron chi connectivity index (χ2n) is 4.79. The Hall–Kier alpha value is -0.740. The highest BCUT2D eigenvalue weighted by Gasteiger charge is 2.36. The van der Waals surface area contributed by atoms with E-state index in [-0.39, 0.29) is 0 Å². The standard InChI is InChI=1S/C15H22O/c1-2-16-15-12-14(15)11-10-13-8-6-4-3-5-7-9-13/h8,14-15H,2-7,9,12H2,1H3/b13-8+/t14-,15-/m0/s1. The van der Waals surface area contributed by atoms with Gasteiger partial charge in [-0.1, -0.05) is 30.8 Å². The number of allylic oxidation sites excluding steroid dienone is 2. The SMILES string of the molecule is CCO[C@H]1C[C@@H]1C#C/C1=C/CCCCCC1. The Morgan fingerprint density at radius 3 is 3.06 bits per heavy atom. The molecular formula is C15H22O. The summed E-state index contributed by atoms with van der Waals surface area (Å²) in [6, 6.07) is 0. The normalized spacial score (nSPS) is 32.7. The fourth-order valence-electron chi connectivity index (χ4n) is 2.21. The van der Waals surface area contributed by atoms with Crippen molar-refractivity contribution in [3.8, 4) is 11.8 Å². The van der Waals surface area contributed by atoms with Gasteiger partial charge in [-0.2, -0.15) is 0 Å². The second-order valence-corrected chi connectivity index (χ2v) is 4.79. The molecule has 0 radical (unpaired) electrons. The van der Waals surface area contributed by atoms with Crippen LogP contribution < -0.4 is 0 Å². The minimum absolute atomic E-state index is 0.437. The van der Waals surface area contributed by atoms with Crippen LogP contribution in [-0.2, 0) is 4.74 Å². The predicted octanol–water partition coefficient (Wildman–Crippen LogP) is 3.70. The third-order valence-corrected chi connectivity index (χ3v) is 3.32. The van der Waals surface area contributed by atoms with Crippen LogP contribution in [0.1, 0.15) is 51.9 Å². The molecule has 2 aliphatic carbocycles. The lowest BCUT2D eigenvalue weighted by Gasteiger charge is -2.05. The topological polar surface area (TPSA) is 9.23 Å². The molecule has 0 spiro atoms. The highest BCUT2D eigenvalue weighted by atomic mass is 16.5. The fourth-order valence-corrected chi connectivity index (χ4v) is 2.21. The minimum Gasteiger partial charge on any atom is -0.377 e. The zero-order chi connectivity index (χ0) is 11.2. The zero-order valence-corrected chi connectivity index (χ0v) is 10.3. The van der Waals surface area contributed by atoms with Gasteiger partial charge in [-0.3, -0.25) is 0 Å². The fraction of sp³-hybridized carbons (Fsp3) is 0.733. The van der Waals surface area contributed by atoms with E-state index in [4.69, 9.17) is 4.74 Å². The predicted molar refractivity (Wildman–Crippen MR) is 67.1 cm³/mol. The van der Waals surface area contributed by atoms with Crippen molar-refractivity contribution >= 4 is 0 Å². The molecule has 0 heterocycles. The smallest absolute Gasteiger partial charge is 0.0726 e. The van der Waals surface area contributed by atoms with Crippen LogP contribution in [0.3, 0.4) is 0 Å². The van der Waals surface area contributed by atoms with E-state index in [1.165, 1.54) is 44.1 Å². The number of hydrogen-bond acceptors (Lipinski definition) is 1. The van der Waals surface area contributed by atoms with Crippen LogP contribution in [0.15, 0.2) is 11.6 Å². The maximum absolute atomic E-state index is 5.53. The number of rotatable bonds is 2. The zero-order valence-electron chi connectivity index (χ0n) is 10.3. The van der Waals surface area contributed by atoms with Crippen molar-refractivity contribution in [2.24, 2.45) is 5.92 Å². The van der Waals surface area contributed by atoms with Gasteiger partial charge in [-0.15, -0.1) is 0 Å². The van der Waals surface area contributed by atoms with Crippen LogP contribution in [0, 0.1) is 17.8 Å². The van der Waals surface area contributed by atoms with Crippen molar-refractivity contribution in [3.63, 3.8) is 0 Å². The van der Waals surface area contributed by atoms with Crippen molar-refractivity contribution in [2.45, 2.75) is 58.0 Å². The van der Waals surface area contributed by atoms with Gasteiger partial charge >= 0.3 is 0 Å². The Morgan fingerprint density at radius 2 is 2.19 bits per heavy atom. The minimum atomic E-state index is 0.437. The van der Waals surface area contributed by atoms with Crippen LogP contribution in [0.2, 0.25) is 0 Å². The molecule has 0 bridgehead atoms. The summed E-state index contributed by atoms with van der Waals surface area (Å²) in [6.07, 6.45) is 11.8. The molecule has 1 fully saturated rings. The molecule has 2 aliphatic rings. The first kappa shape index (κ1) is 11.7. The van der Waals surface area contributed by atoms with Crippen molar-refractivity contribution in [2.75, 3.05) is 6.61 Å². The summed E-state index contributed by atoms with van der Waals surface area (Å²) in [5, 5.41) is 0. The van der Waals surface area contributed by atoms with Crippen molar-refractivity contribution in [1.82, 2.24) is 0 Å². The van der Waals surface area contributed by atoms with Gasteiger partial charge in [0.1, 0.15) is 0 Å². The number of hydrogen-bond donors (Lipinski definition) is 0. The van der Waals surface area contributed by atoms with E-state index >= 15 is 0 Å². The molecule has 1 nitrogen and oxygen atoms in total. The molecule has 2 rings (SSSR count). The lowest BCUT2D eigenvalue weighted by molar-refractivity contribution is 0.127. The molecule has 1 heteroatoms. The second kappa shape index (κ2) is 6.11. The molecule has 1 saturated carbocycles. The first-order valence-corrected chi connectivity index (χ1v) is 6.72. The summed E-state index contributed by atoms with van der Waals surface area (Å²) in [7, 11) is 0. The molecular weight excluding hydrogens is 196 g/mol. The van der Waals surface area contributed by atoms with Crippen LogP contribution in [-0.4, -0.2) is 12.7 Å². The summed E-state index contributed by atoms with van der Waals surface area (Å²) >= 11 is 0. The van der Waals surface area contributed by atoms with Gasteiger partial charge in [-0.05, 0) is 44.6 Å². The van der Waals surface area contributed by atoms with Crippen molar-refractivity contribution < 1.29 is 4.74 Å². The lowest BCUT2D eigenvalue weighted by atomic mass is 10.0. The maximum atomic E-state index is 5.53. The van der Waals surface area contributed by atoms with E-state index in [1.54, 1.807) is 0 Å². The molecule has 0 aromatic carbocycles. The summed E-state index contributed by atoms with van der Waals surface area (Å²) < 4.78 is 5.53. The Labute approximate surface area is 99.3 Å². The third-order valence-electron chi connectivity index (χ3n) is 3.32. The highest BCUT2D eigenvalue weighted by molar-refractivity contribution is 5.31. The lowest BCUT2D eigenvalue weighted by Crippen LogP contribution is -1.94. The van der Waals surface area contributed by atoms with Gasteiger partial charge in [0.2, 0.25) is 0 Å². The van der Waals surface area contributed by atoms with E-state index < -0.39 is 0 Å². The molecule has 88 valence electrons. The van der Waals surface area contributed by atoms with Gasteiger partial charge in [0.05, 0.1) is 6.10 Å². The van der Waals surface area contributed by atoms with Crippen LogP contribution in [0.4, 0.5) is 0 Å². The molecule has 0 aliphatic heterocycles. The van der Waals surface area contributed by atoms with Crippen LogP contribution in [0.25, 0.3) is 0 Å². The Balaban J connectivity index is 1.81. The van der Waals surface area contributed by atoms with E-state index in [0.717, 1.165) is 13.0 Å².